The molecule has 0 aliphatic carbocycles. The molecule has 1 unspecified atom stereocenters. The van der Waals surface area contributed by atoms with Gasteiger partial charge in [0.2, 0.25) is 0 Å². The van der Waals surface area contributed by atoms with Gasteiger partial charge >= 0.3 is 6.09 Å². The minimum Gasteiger partial charge on any atom is -0.444 e. The minimum atomic E-state index is -1.38. The maximum Gasteiger partial charge on any atom is 0.407 e. The number of hydroxylamine groups is 2. The van der Waals surface area contributed by atoms with E-state index in [2.05, 4.69) is 5.32 Å². The van der Waals surface area contributed by atoms with Gasteiger partial charge in [-0.15, -0.1) is 0 Å². The summed E-state index contributed by atoms with van der Waals surface area (Å²) in [6.45, 7) is 7.10. The average Bonchev–Trinajstić information content (AvgIpc) is 2.33. The molecule has 0 aliphatic heterocycles. The lowest BCUT2D eigenvalue weighted by Crippen LogP contribution is -2.51. The maximum atomic E-state index is 11.8. The molecule has 0 saturated carbocycles. The van der Waals surface area contributed by atoms with Gasteiger partial charge in [0, 0.05) is 7.05 Å². The fraction of sp³-hybridized carbons (Fsp3) is 0.846. The SMILES string of the molecule is CCC[C@H](NC(=O)OC(C)(C)C)C(O)C(=O)N(C)OC. The van der Waals surface area contributed by atoms with Crippen LogP contribution in [0.5, 0.6) is 0 Å². The number of hydrogen-bond donors (Lipinski definition) is 2. The highest BCUT2D eigenvalue weighted by Crippen LogP contribution is 2.10. The molecular weight excluding hydrogens is 264 g/mol. The van der Waals surface area contributed by atoms with Crippen LogP contribution in [0, 0.1) is 0 Å². The van der Waals surface area contributed by atoms with Crippen molar-refractivity contribution in [2.24, 2.45) is 0 Å². The van der Waals surface area contributed by atoms with Crippen LogP contribution in [-0.2, 0) is 14.4 Å². The predicted octanol–water partition coefficient (Wildman–Crippen LogP) is 1.06. The van der Waals surface area contributed by atoms with E-state index in [0.717, 1.165) is 5.06 Å². The molecule has 0 aliphatic rings. The molecule has 0 radical (unpaired) electrons. The molecule has 0 rings (SSSR count). The number of alkyl carbamates (subject to hydrolysis) is 1. The summed E-state index contributed by atoms with van der Waals surface area (Å²) < 4.78 is 5.11. The summed E-state index contributed by atoms with van der Waals surface area (Å²) >= 11 is 0. The Labute approximate surface area is 120 Å². The fourth-order valence-electron chi connectivity index (χ4n) is 1.53. The number of hydrogen-bond acceptors (Lipinski definition) is 5. The molecule has 0 aromatic rings. The number of amides is 2. The third-order valence-electron chi connectivity index (χ3n) is 2.52. The molecule has 2 atom stereocenters. The van der Waals surface area contributed by atoms with Crippen LogP contribution in [0.1, 0.15) is 40.5 Å². The molecule has 20 heavy (non-hydrogen) atoms. The van der Waals surface area contributed by atoms with Gasteiger partial charge < -0.3 is 15.2 Å². The topological polar surface area (TPSA) is 88.1 Å². The number of rotatable bonds is 6. The van der Waals surface area contributed by atoms with Crippen LogP contribution < -0.4 is 5.32 Å². The van der Waals surface area contributed by atoms with Gasteiger partial charge in [0.15, 0.2) is 6.10 Å². The first-order chi connectivity index (χ1) is 9.12. The highest BCUT2D eigenvalue weighted by molar-refractivity contribution is 5.81. The van der Waals surface area contributed by atoms with Gasteiger partial charge in [-0.3, -0.25) is 9.63 Å². The van der Waals surface area contributed by atoms with Crippen molar-refractivity contribution in [2.75, 3.05) is 14.2 Å². The summed E-state index contributed by atoms with van der Waals surface area (Å²) in [7, 11) is 2.71. The van der Waals surface area contributed by atoms with E-state index in [-0.39, 0.29) is 0 Å². The van der Waals surface area contributed by atoms with Crippen LogP contribution in [0.2, 0.25) is 0 Å². The Morgan fingerprint density at radius 1 is 1.35 bits per heavy atom. The van der Waals surface area contributed by atoms with E-state index in [9.17, 15) is 14.7 Å². The lowest BCUT2D eigenvalue weighted by Gasteiger charge is -2.27. The van der Waals surface area contributed by atoms with E-state index in [0.29, 0.717) is 12.8 Å². The minimum absolute atomic E-state index is 0.448. The normalized spacial score (nSPS) is 14.3. The van der Waals surface area contributed by atoms with E-state index in [1.165, 1.54) is 14.2 Å². The Bertz CT molecular complexity index is 327. The predicted molar refractivity (Wildman–Crippen MR) is 73.9 cm³/mol. The van der Waals surface area contributed by atoms with Crippen LogP contribution in [0.4, 0.5) is 4.79 Å². The third-order valence-corrected chi connectivity index (χ3v) is 2.52. The van der Waals surface area contributed by atoms with Gasteiger partial charge in [-0.25, -0.2) is 9.86 Å². The van der Waals surface area contributed by atoms with Crippen LogP contribution >= 0.6 is 0 Å². The Kier molecular flexibility index (Phi) is 7.52. The number of aliphatic hydroxyl groups is 1. The summed E-state index contributed by atoms with van der Waals surface area (Å²) in [4.78, 5) is 28.3. The highest BCUT2D eigenvalue weighted by atomic mass is 16.7. The first-order valence-electron chi connectivity index (χ1n) is 6.61. The van der Waals surface area contributed by atoms with E-state index in [1.807, 2.05) is 6.92 Å². The van der Waals surface area contributed by atoms with Crippen molar-refractivity contribution in [3.05, 3.63) is 0 Å². The molecule has 0 fully saturated rings. The van der Waals surface area contributed by atoms with Gasteiger partial charge in [-0.05, 0) is 27.2 Å². The van der Waals surface area contributed by atoms with Crippen LogP contribution in [0.25, 0.3) is 0 Å². The number of likely N-dealkylation sites (N-methyl/N-ethyl adjacent to an activating group) is 1. The van der Waals surface area contributed by atoms with Crippen molar-refractivity contribution in [1.29, 1.82) is 0 Å². The van der Waals surface area contributed by atoms with Crippen LogP contribution in [0.15, 0.2) is 0 Å². The summed E-state index contributed by atoms with van der Waals surface area (Å²) in [6.07, 6.45) is -0.902. The average molecular weight is 290 g/mol. The van der Waals surface area contributed by atoms with Gasteiger partial charge in [0.05, 0.1) is 13.2 Å². The number of carbonyl (C=O) groups excluding carboxylic acids is 2. The van der Waals surface area contributed by atoms with Gasteiger partial charge in [-0.1, -0.05) is 13.3 Å². The summed E-state index contributed by atoms with van der Waals surface area (Å²) in [6, 6.07) is -0.722. The van der Waals surface area contributed by atoms with Crippen molar-refractivity contribution < 1.29 is 24.3 Å². The van der Waals surface area contributed by atoms with Crippen molar-refractivity contribution in [3.63, 3.8) is 0 Å². The highest BCUT2D eigenvalue weighted by Gasteiger charge is 2.30. The number of ether oxygens (including phenoxy) is 1. The monoisotopic (exact) mass is 290 g/mol. The standard InChI is InChI=1S/C13H26N2O5/c1-7-8-9(10(16)11(17)15(5)19-6)14-12(18)20-13(2,3)4/h9-10,16H,7-8H2,1-6H3,(H,14,18)/t9-,10?/m0/s1. The molecule has 0 aromatic carbocycles. The van der Waals surface area contributed by atoms with E-state index >= 15 is 0 Å². The first-order valence-corrected chi connectivity index (χ1v) is 6.61. The van der Waals surface area contributed by atoms with Gasteiger partial charge in [0.25, 0.3) is 5.91 Å². The molecule has 118 valence electrons. The zero-order valence-corrected chi connectivity index (χ0v) is 13.1. The first kappa shape index (κ1) is 18.7. The molecule has 2 amide bonds. The zero-order valence-electron chi connectivity index (χ0n) is 13.1. The second-order valence-electron chi connectivity index (χ2n) is 5.50. The molecule has 7 nitrogen and oxygen atoms in total. The van der Waals surface area contributed by atoms with E-state index in [4.69, 9.17) is 9.57 Å². The van der Waals surface area contributed by atoms with Crippen molar-refractivity contribution in [3.8, 4) is 0 Å². The largest absolute Gasteiger partial charge is 0.444 e. The molecule has 0 heterocycles. The second kappa shape index (κ2) is 8.06. The zero-order chi connectivity index (χ0) is 15.9. The lowest BCUT2D eigenvalue weighted by atomic mass is 10.1. The molecule has 0 aromatic heterocycles. The number of nitrogens with zero attached hydrogens (tertiary/aromatic N) is 1. The number of aliphatic hydroxyl groups excluding tert-OH is 1. The fourth-order valence-corrected chi connectivity index (χ4v) is 1.53. The van der Waals surface area contributed by atoms with Gasteiger partial charge in [0.1, 0.15) is 5.60 Å². The lowest BCUT2D eigenvalue weighted by molar-refractivity contribution is -0.179. The van der Waals surface area contributed by atoms with Crippen molar-refractivity contribution in [2.45, 2.75) is 58.3 Å². The number of nitrogens with one attached hydrogen (secondary N) is 1. The Balaban J connectivity index is 4.71. The molecule has 0 spiro atoms. The third kappa shape index (κ3) is 6.72. The van der Waals surface area contributed by atoms with Gasteiger partial charge in [-0.2, -0.15) is 0 Å². The van der Waals surface area contributed by atoms with E-state index in [1.54, 1.807) is 20.8 Å². The molecule has 2 N–H and O–H groups in total. The number of carbonyl (C=O) groups is 2. The molecule has 0 bridgehead atoms. The molecular formula is C13H26N2O5. The van der Waals surface area contributed by atoms with Crippen molar-refractivity contribution in [1.82, 2.24) is 10.4 Å². The summed E-state index contributed by atoms with van der Waals surface area (Å²) in [5, 5.41) is 13.5. The Morgan fingerprint density at radius 3 is 2.30 bits per heavy atom. The van der Waals surface area contributed by atoms with E-state index < -0.39 is 29.7 Å². The molecule has 0 saturated heterocycles. The Hall–Kier alpha value is -1.34. The Morgan fingerprint density at radius 2 is 1.90 bits per heavy atom. The summed E-state index contributed by atoms with van der Waals surface area (Å²) in [5.74, 6) is -0.623. The smallest absolute Gasteiger partial charge is 0.407 e. The molecule has 7 heteroatoms. The van der Waals surface area contributed by atoms with Crippen LogP contribution in [0.3, 0.4) is 0 Å². The van der Waals surface area contributed by atoms with Crippen molar-refractivity contribution >= 4 is 12.0 Å². The van der Waals surface area contributed by atoms with Crippen LogP contribution in [-0.4, -0.2) is 54.1 Å². The quantitative estimate of drug-likeness (QED) is 0.714. The maximum absolute atomic E-state index is 11.8. The summed E-state index contributed by atoms with van der Waals surface area (Å²) in [5.41, 5.74) is -0.640. The second-order valence-corrected chi connectivity index (χ2v) is 5.50.